The Labute approximate surface area is 114 Å². The number of hydrogen-bond donors (Lipinski definition) is 1. The van der Waals surface area contributed by atoms with Gasteiger partial charge in [-0.3, -0.25) is 4.79 Å². The van der Waals surface area contributed by atoms with Gasteiger partial charge in [-0.05, 0) is 30.9 Å². The van der Waals surface area contributed by atoms with Crippen molar-refractivity contribution in [2.24, 2.45) is 11.1 Å². The Morgan fingerprint density at radius 3 is 2.83 bits per heavy atom. The standard InChI is InChI=1S/C11H22N2O3S2/c1-2-6-17-8-11(14)13-5-3-4-10(7-13)9-18(12,15)16/h10H,2-9H2,1H3,(H2,12,15,16)/t10-/m1/s1. The van der Waals surface area contributed by atoms with Gasteiger partial charge in [0.15, 0.2) is 0 Å². The fourth-order valence-corrected chi connectivity index (χ4v) is 3.87. The Kier molecular flexibility index (Phi) is 6.45. The normalized spacial score (nSPS) is 21.0. The van der Waals surface area contributed by atoms with Gasteiger partial charge >= 0.3 is 0 Å². The van der Waals surface area contributed by atoms with Gasteiger partial charge in [0.1, 0.15) is 0 Å². The number of nitrogens with two attached hydrogens (primary N) is 1. The molecule has 2 N–H and O–H groups in total. The molecule has 1 amide bonds. The third kappa shape index (κ3) is 6.06. The molecule has 0 aromatic heterocycles. The first-order valence-corrected chi connectivity index (χ1v) is 9.15. The lowest BCUT2D eigenvalue weighted by atomic mass is 10.0. The van der Waals surface area contributed by atoms with E-state index in [4.69, 9.17) is 5.14 Å². The first-order valence-electron chi connectivity index (χ1n) is 6.28. The topological polar surface area (TPSA) is 80.5 Å². The smallest absolute Gasteiger partial charge is 0.232 e. The molecule has 0 bridgehead atoms. The minimum atomic E-state index is -3.44. The lowest BCUT2D eigenvalue weighted by Crippen LogP contribution is -2.43. The summed E-state index contributed by atoms with van der Waals surface area (Å²) in [7, 11) is -3.44. The first-order chi connectivity index (χ1) is 8.42. The Bertz CT molecular complexity index is 370. The fourth-order valence-electron chi connectivity index (χ4n) is 2.15. The van der Waals surface area contributed by atoms with Crippen molar-refractivity contribution in [1.82, 2.24) is 4.90 Å². The van der Waals surface area contributed by atoms with Crippen LogP contribution < -0.4 is 5.14 Å². The fraction of sp³-hybridized carbons (Fsp3) is 0.909. The number of nitrogens with zero attached hydrogens (tertiary/aromatic N) is 1. The summed E-state index contributed by atoms with van der Waals surface area (Å²) in [5.74, 6) is 1.58. The highest BCUT2D eigenvalue weighted by Gasteiger charge is 2.25. The van der Waals surface area contributed by atoms with E-state index in [2.05, 4.69) is 6.92 Å². The number of thioether (sulfide) groups is 1. The molecular weight excluding hydrogens is 272 g/mol. The summed E-state index contributed by atoms with van der Waals surface area (Å²) in [4.78, 5) is 13.7. The van der Waals surface area contributed by atoms with Crippen molar-refractivity contribution in [3.05, 3.63) is 0 Å². The van der Waals surface area contributed by atoms with Gasteiger partial charge in [-0.25, -0.2) is 13.6 Å². The van der Waals surface area contributed by atoms with E-state index in [0.717, 1.165) is 31.6 Å². The second-order valence-electron chi connectivity index (χ2n) is 4.73. The molecule has 0 aliphatic carbocycles. The highest BCUT2D eigenvalue weighted by atomic mass is 32.2. The Hall–Kier alpha value is -0.270. The Balaban J connectivity index is 2.40. The molecule has 5 nitrogen and oxygen atoms in total. The number of sulfonamides is 1. The summed E-state index contributed by atoms with van der Waals surface area (Å²) in [5, 5.41) is 5.05. The lowest BCUT2D eigenvalue weighted by Gasteiger charge is -2.32. The zero-order valence-corrected chi connectivity index (χ0v) is 12.4. The molecule has 0 spiro atoms. The SMILES string of the molecule is CCCSCC(=O)N1CCC[C@@H](CS(N)(=O)=O)C1. The van der Waals surface area contributed by atoms with Crippen LogP contribution in [0.4, 0.5) is 0 Å². The summed E-state index contributed by atoms with van der Waals surface area (Å²) in [6.45, 7) is 3.36. The van der Waals surface area contributed by atoms with E-state index in [1.165, 1.54) is 0 Å². The lowest BCUT2D eigenvalue weighted by molar-refractivity contribution is -0.129. The van der Waals surface area contributed by atoms with Crippen LogP contribution in [0.15, 0.2) is 0 Å². The third-order valence-electron chi connectivity index (χ3n) is 2.91. The minimum Gasteiger partial charge on any atom is -0.342 e. The van der Waals surface area contributed by atoms with Crippen LogP contribution in [-0.2, 0) is 14.8 Å². The van der Waals surface area contributed by atoms with Gasteiger partial charge in [-0.1, -0.05) is 6.92 Å². The predicted octanol–water partition coefficient (Wildman–Crippen LogP) is 0.657. The molecule has 1 atom stereocenters. The van der Waals surface area contributed by atoms with Gasteiger partial charge in [-0.2, -0.15) is 11.8 Å². The van der Waals surface area contributed by atoms with Gasteiger partial charge < -0.3 is 4.90 Å². The molecule has 1 aliphatic heterocycles. The van der Waals surface area contributed by atoms with Crippen LogP contribution in [0.2, 0.25) is 0 Å². The van der Waals surface area contributed by atoms with Crippen molar-refractivity contribution in [2.45, 2.75) is 26.2 Å². The number of piperidine rings is 1. The first kappa shape index (κ1) is 15.8. The number of amides is 1. The summed E-state index contributed by atoms with van der Waals surface area (Å²) in [6.07, 6.45) is 2.76. The van der Waals surface area contributed by atoms with E-state index in [0.29, 0.717) is 12.3 Å². The van der Waals surface area contributed by atoms with Crippen LogP contribution in [0.3, 0.4) is 0 Å². The quantitative estimate of drug-likeness (QED) is 0.730. The summed E-state index contributed by atoms with van der Waals surface area (Å²) >= 11 is 1.64. The van der Waals surface area contributed by atoms with E-state index in [1.807, 2.05) is 0 Å². The molecule has 18 heavy (non-hydrogen) atoms. The molecule has 1 rings (SSSR count). The third-order valence-corrected chi connectivity index (χ3v) is 5.00. The summed E-state index contributed by atoms with van der Waals surface area (Å²) in [6, 6.07) is 0. The molecular formula is C11H22N2O3S2. The molecule has 0 radical (unpaired) electrons. The van der Waals surface area contributed by atoms with Gasteiger partial charge in [0, 0.05) is 13.1 Å². The van der Waals surface area contributed by atoms with Crippen molar-refractivity contribution in [3.8, 4) is 0 Å². The van der Waals surface area contributed by atoms with Crippen molar-refractivity contribution in [1.29, 1.82) is 0 Å². The second-order valence-corrected chi connectivity index (χ2v) is 7.49. The van der Waals surface area contributed by atoms with Crippen LogP contribution in [0.1, 0.15) is 26.2 Å². The number of likely N-dealkylation sites (tertiary alicyclic amines) is 1. The van der Waals surface area contributed by atoms with Crippen LogP contribution in [0, 0.1) is 5.92 Å². The van der Waals surface area contributed by atoms with E-state index in [1.54, 1.807) is 16.7 Å². The van der Waals surface area contributed by atoms with E-state index in [9.17, 15) is 13.2 Å². The number of hydrogen-bond acceptors (Lipinski definition) is 4. The molecule has 106 valence electrons. The predicted molar refractivity (Wildman–Crippen MR) is 74.9 cm³/mol. The van der Waals surface area contributed by atoms with Crippen molar-refractivity contribution in [3.63, 3.8) is 0 Å². The Morgan fingerprint density at radius 2 is 2.22 bits per heavy atom. The van der Waals surface area contributed by atoms with Gasteiger partial charge in [0.25, 0.3) is 0 Å². The maximum absolute atomic E-state index is 11.9. The molecule has 7 heteroatoms. The monoisotopic (exact) mass is 294 g/mol. The van der Waals surface area contributed by atoms with Gasteiger partial charge in [0.2, 0.25) is 15.9 Å². The van der Waals surface area contributed by atoms with Crippen LogP contribution in [0.5, 0.6) is 0 Å². The highest BCUT2D eigenvalue weighted by Crippen LogP contribution is 2.18. The average molecular weight is 294 g/mol. The number of carbonyl (C=O) groups is 1. The molecule has 0 unspecified atom stereocenters. The molecule has 1 saturated heterocycles. The van der Waals surface area contributed by atoms with E-state index in [-0.39, 0.29) is 17.6 Å². The maximum atomic E-state index is 11.9. The highest BCUT2D eigenvalue weighted by molar-refractivity contribution is 7.99. The minimum absolute atomic E-state index is 0.00567. The zero-order valence-electron chi connectivity index (χ0n) is 10.8. The molecule has 1 fully saturated rings. The largest absolute Gasteiger partial charge is 0.342 e. The zero-order chi connectivity index (χ0) is 13.6. The molecule has 0 saturated carbocycles. The summed E-state index contributed by atoms with van der Waals surface area (Å²) < 4.78 is 22.1. The van der Waals surface area contributed by atoms with E-state index >= 15 is 0 Å². The van der Waals surface area contributed by atoms with Crippen LogP contribution >= 0.6 is 11.8 Å². The number of primary sulfonamides is 1. The second kappa shape index (κ2) is 7.35. The Morgan fingerprint density at radius 1 is 1.50 bits per heavy atom. The van der Waals surface area contributed by atoms with Gasteiger partial charge in [0.05, 0.1) is 11.5 Å². The van der Waals surface area contributed by atoms with Crippen molar-refractivity contribution >= 4 is 27.7 Å². The molecule has 0 aromatic carbocycles. The number of rotatable bonds is 6. The average Bonchev–Trinajstić information content (AvgIpc) is 2.27. The summed E-state index contributed by atoms with van der Waals surface area (Å²) in [5.41, 5.74) is 0. The maximum Gasteiger partial charge on any atom is 0.232 e. The molecule has 0 aromatic rings. The molecule has 1 aliphatic rings. The number of carbonyl (C=O) groups excluding carboxylic acids is 1. The van der Waals surface area contributed by atoms with Crippen molar-refractivity contribution < 1.29 is 13.2 Å². The van der Waals surface area contributed by atoms with Crippen LogP contribution in [-0.4, -0.2) is 49.6 Å². The molecule has 1 heterocycles. The van der Waals surface area contributed by atoms with Gasteiger partial charge in [-0.15, -0.1) is 0 Å². The van der Waals surface area contributed by atoms with E-state index < -0.39 is 10.0 Å². The van der Waals surface area contributed by atoms with Crippen molar-refractivity contribution in [2.75, 3.05) is 30.3 Å². The van der Waals surface area contributed by atoms with Crippen LogP contribution in [0.25, 0.3) is 0 Å².